The van der Waals surface area contributed by atoms with Crippen molar-refractivity contribution in [1.82, 2.24) is 5.32 Å². The summed E-state index contributed by atoms with van der Waals surface area (Å²) in [5, 5.41) is 3.02. The lowest BCUT2D eigenvalue weighted by Gasteiger charge is -2.22. The highest BCUT2D eigenvalue weighted by Gasteiger charge is 2.24. The van der Waals surface area contributed by atoms with Crippen molar-refractivity contribution in [1.29, 1.82) is 0 Å². The Morgan fingerprint density at radius 3 is 2.50 bits per heavy atom. The van der Waals surface area contributed by atoms with Crippen LogP contribution in [0.4, 0.5) is 0 Å². The normalized spacial score (nSPS) is 16.3. The van der Waals surface area contributed by atoms with Gasteiger partial charge in [0.25, 0.3) is 0 Å². The fraction of sp³-hybridized carbons (Fsp3) is 0.316. The monoisotopic (exact) mass is 326 g/mol. The zero-order chi connectivity index (χ0) is 17.1. The van der Waals surface area contributed by atoms with Crippen molar-refractivity contribution in [2.75, 3.05) is 6.79 Å². The van der Waals surface area contributed by atoms with E-state index < -0.39 is 0 Å². The van der Waals surface area contributed by atoms with E-state index in [4.69, 9.17) is 15.2 Å². The van der Waals surface area contributed by atoms with Crippen molar-refractivity contribution >= 4 is 5.91 Å². The van der Waals surface area contributed by atoms with E-state index in [2.05, 4.69) is 5.32 Å². The van der Waals surface area contributed by atoms with Crippen LogP contribution < -0.4 is 20.5 Å². The van der Waals surface area contributed by atoms with Gasteiger partial charge in [-0.05, 0) is 30.2 Å². The fourth-order valence-electron chi connectivity index (χ4n) is 2.74. The quantitative estimate of drug-likeness (QED) is 0.886. The Bertz CT molecular complexity index is 718. The van der Waals surface area contributed by atoms with Crippen molar-refractivity contribution < 1.29 is 14.3 Å². The van der Waals surface area contributed by atoms with Crippen molar-refractivity contribution in [3.05, 3.63) is 59.7 Å². The van der Waals surface area contributed by atoms with Crippen LogP contribution in [0.2, 0.25) is 0 Å². The van der Waals surface area contributed by atoms with E-state index in [0.717, 1.165) is 16.9 Å². The molecule has 1 aliphatic rings. The number of ether oxygens (including phenoxy) is 2. The molecule has 3 unspecified atom stereocenters. The molecule has 0 saturated heterocycles. The first-order chi connectivity index (χ1) is 11.6. The van der Waals surface area contributed by atoms with E-state index in [9.17, 15) is 4.79 Å². The Morgan fingerprint density at radius 2 is 1.75 bits per heavy atom. The molecule has 2 aromatic carbocycles. The van der Waals surface area contributed by atoms with Gasteiger partial charge < -0.3 is 20.5 Å². The standard InChI is InChI=1S/C19H22N2O3/c1-12(18(20)14-6-4-3-5-7-14)19(22)21-13(2)15-8-9-16-17(10-15)24-11-23-16/h3-10,12-13,18H,11,20H2,1-2H3,(H,21,22). The van der Waals surface area contributed by atoms with E-state index in [1.54, 1.807) is 0 Å². The molecule has 0 radical (unpaired) electrons. The zero-order valence-electron chi connectivity index (χ0n) is 13.9. The molecule has 0 saturated carbocycles. The largest absolute Gasteiger partial charge is 0.454 e. The van der Waals surface area contributed by atoms with Gasteiger partial charge in [0.2, 0.25) is 12.7 Å². The first-order valence-corrected chi connectivity index (χ1v) is 8.06. The number of hydrogen-bond acceptors (Lipinski definition) is 4. The van der Waals surface area contributed by atoms with Crippen LogP contribution >= 0.6 is 0 Å². The summed E-state index contributed by atoms with van der Waals surface area (Å²) in [7, 11) is 0. The maximum absolute atomic E-state index is 12.5. The van der Waals surface area contributed by atoms with Crippen LogP contribution in [0.1, 0.15) is 37.1 Å². The first-order valence-electron chi connectivity index (χ1n) is 8.06. The number of carbonyl (C=O) groups excluding carboxylic acids is 1. The molecule has 0 fully saturated rings. The van der Waals surface area contributed by atoms with E-state index >= 15 is 0 Å². The molecule has 0 spiro atoms. The van der Waals surface area contributed by atoms with Crippen molar-refractivity contribution in [3.63, 3.8) is 0 Å². The number of nitrogens with one attached hydrogen (secondary N) is 1. The lowest BCUT2D eigenvalue weighted by Crippen LogP contribution is -2.36. The third-order valence-corrected chi connectivity index (χ3v) is 4.39. The Morgan fingerprint density at radius 1 is 1.04 bits per heavy atom. The molecule has 3 atom stereocenters. The molecule has 3 rings (SSSR count). The minimum absolute atomic E-state index is 0.0727. The Balaban J connectivity index is 1.65. The number of amides is 1. The van der Waals surface area contributed by atoms with Crippen LogP contribution in [0.15, 0.2) is 48.5 Å². The van der Waals surface area contributed by atoms with Crippen molar-refractivity contribution in [2.24, 2.45) is 11.7 Å². The van der Waals surface area contributed by atoms with Gasteiger partial charge in [0, 0.05) is 6.04 Å². The molecule has 1 aliphatic heterocycles. The second kappa shape index (κ2) is 6.93. The van der Waals surface area contributed by atoms with Crippen LogP contribution in [0, 0.1) is 5.92 Å². The molecule has 0 aliphatic carbocycles. The molecule has 2 aromatic rings. The summed E-state index contributed by atoms with van der Waals surface area (Å²) >= 11 is 0. The van der Waals surface area contributed by atoms with Gasteiger partial charge >= 0.3 is 0 Å². The number of rotatable bonds is 5. The molecule has 126 valence electrons. The summed E-state index contributed by atoms with van der Waals surface area (Å²) in [6.45, 7) is 4.03. The molecule has 0 aromatic heterocycles. The van der Waals surface area contributed by atoms with Gasteiger partial charge in [-0.15, -0.1) is 0 Å². The third-order valence-electron chi connectivity index (χ3n) is 4.39. The second-order valence-electron chi connectivity index (χ2n) is 6.07. The lowest BCUT2D eigenvalue weighted by atomic mass is 9.94. The molecular weight excluding hydrogens is 304 g/mol. The summed E-state index contributed by atoms with van der Waals surface area (Å²) in [6, 6.07) is 14.9. The summed E-state index contributed by atoms with van der Waals surface area (Å²) in [4.78, 5) is 12.5. The van der Waals surface area contributed by atoms with Gasteiger partial charge in [0.05, 0.1) is 12.0 Å². The average Bonchev–Trinajstić information content (AvgIpc) is 3.08. The van der Waals surface area contributed by atoms with Gasteiger partial charge in [0.15, 0.2) is 11.5 Å². The van der Waals surface area contributed by atoms with E-state index in [1.807, 2.05) is 62.4 Å². The Labute approximate surface area is 141 Å². The molecule has 5 nitrogen and oxygen atoms in total. The van der Waals surface area contributed by atoms with E-state index in [0.29, 0.717) is 5.75 Å². The summed E-state index contributed by atoms with van der Waals surface area (Å²) in [5.41, 5.74) is 8.15. The van der Waals surface area contributed by atoms with Gasteiger partial charge in [-0.1, -0.05) is 43.3 Å². The van der Waals surface area contributed by atoms with Gasteiger partial charge in [-0.3, -0.25) is 4.79 Å². The highest BCUT2D eigenvalue weighted by molar-refractivity contribution is 5.79. The predicted molar refractivity (Wildman–Crippen MR) is 91.7 cm³/mol. The minimum Gasteiger partial charge on any atom is -0.454 e. The number of nitrogens with two attached hydrogens (primary N) is 1. The van der Waals surface area contributed by atoms with Gasteiger partial charge in [-0.2, -0.15) is 0 Å². The van der Waals surface area contributed by atoms with Crippen molar-refractivity contribution in [3.8, 4) is 11.5 Å². The molecular formula is C19H22N2O3. The van der Waals surface area contributed by atoms with E-state index in [-0.39, 0.29) is 30.7 Å². The summed E-state index contributed by atoms with van der Waals surface area (Å²) < 4.78 is 10.7. The number of carbonyl (C=O) groups is 1. The Kier molecular flexibility index (Phi) is 4.71. The predicted octanol–water partition coefficient (Wildman–Crippen LogP) is 2.93. The smallest absolute Gasteiger partial charge is 0.231 e. The minimum atomic E-state index is -0.338. The first kappa shape index (κ1) is 16.3. The molecule has 1 heterocycles. The SMILES string of the molecule is CC(NC(=O)C(C)C(N)c1ccccc1)c1ccc2c(c1)OCO2. The molecule has 1 amide bonds. The molecule has 3 N–H and O–H groups in total. The maximum atomic E-state index is 12.5. The number of hydrogen-bond donors (Lipinski definition) is 2. The summed E-state index contributed by atoms with van der Waals surface area (Å²) in [6.07, 6.45) is 0. The van der Waals surface area contributed by atoms with Gasteiger partial charge in [-0.25, -0.2) is 0 Å². The van der Waals surface area contributed by atoms with Crippen LogP contribution in [0.3, 0.4) is 0 Å². The number of fused-ring (bicyclic) bond motifs is 1. The fourth-order valence-corrected chi connectivity index (χ4v) is 2.74. The highest BCUT2D eigenvalue weighted by Crippen LogP contribution is 2.34. The van der Waals surface area contributed by atoms with E-state index in [1.165, 1.54) is 0 Å². The average molecular weight is 326 g/mol. The van der Waals surface area contributed by atoms with Crippen LogP contribution in [-0.4, -0.2) is 12.7 Å². The Hall–Kier alpha value is -2.53. The highest BCUT2D eigenvalue weighted by atomic mass is 16.7. The van der Waals surface area contributed by atoms with Crippen molar-refractivity contribution in [2.45, 2.75) is 25.9 Å². The number of benzene rings is 2. The second-order valence-corrected chi connectivity index (χ2v) is 6.07. The van der Waals surface area contributed by atoms with Crippen LogP contribution in [0.5, 0.6) is 11.5 Å². The lowest BCUT2D eigenvalue weighted by molar-refractivity contribution is -0.125. The van der Waals surface area contributed by atoms with Gasteiger partial charge in [0.1, 0.15) is 0 Å². The molecule has 0 bridgehead atoms. The third kappa shape index (κ3) is 3.36. The maximum Gasteiger partial charge on any atom is 0.231 e. The van der Waals surface area contributed by atoms with Crippen LogP contribution in [0.25, 0.3) is 0 Å². The molecule has 24 heavy (non-hydrogen) atoms. The zero-order valence-corrected chi connectivity index (χ0v) is 13.9. The topological polar surface area (TPSA) is 73.6 Å². The summed E-state index contributed by atoms with van der Waals surface area (Å²) in [5.74, 6) is 1.04. The van der Waals surface area contributed by atoms with Crippen LogP contribution in [-0.2, 0) is 4.79 Å². The molecule has 5 heteroatoms.